The second-order valence-electron chi connectivity index (χ2n) is 14.7. The minimum absolute atomic E-state index is 0.0974. The fraction of sp³-hybridized carbons (Fsp3) is 0.0392. The first-order chi connectivity index (χ1) is 27.3. The monoisotopic (exact) mass is 703 g/mol. The molecule has 4 nitrogen and oxygen atoms in total. The molecule has 1 atom stereocenters. The molecule has 0 fully saturated rings. The van der Waals surface area contributed by atoms with Crippen LogP contribution in [0.15, 0.2) is 193 Å². The summed E-state index contributed by atoms with van der Waals surface area (Å²) in [4.78, 5) is 5.19. The zero-order valence-corrected chi connectivity index (χ0v) is 29.8. The summed E-state index contributed by atoms with van der Waals surface area (Å²) >= 11 is 0. The summed E-state index contributed by atoms with van der Waals surface area (Å²) in [5.74, 6) is 1.80. The van der Waals surface area contributed by atoms with Gasteiger partial charge in [-0.05, 0) is 88.0 Å². The van der Waals surface area contributed by atoms with Gasteiger partial charge >= 0.3 is 0 Å². The van der Waals surface area contributed by atoms with Crippen molar-refractivity contribution in [3.8, 4) is 28.3 Å². The van der Waals surface area contributed by atoms with E-state index in [1.807, 2.05) is 6.07 Å². The van der Waals surface area contributed by atoms with Crippen molar-refractivity contribution in [1.82, 2.24) is 4.57 Å². The Kier molecular flexibility index (Phi) is 6.29. The largest absolute Gasteiger partial charge is 0.457 e. The average Bonchev–Trinajstić information content (AvgIpc) is 3.73. The maximum absolute atomic E-state index is 6.62. The Labute approximate surface area is 318 Å². The van der Waals surface area contributed by atoms with Crippen molar-refractivity contribution in [2.75, 3.05) is 5.32 Å². The Bertz CT molecular complexity index is 3000. The highest BCUT2D eigenvalue weighted by molar-refractivity contribution is 6.12. The number of anilines is 1. The van der Waals surface area contributed by atoms with Crippen LogP contribution in [0, 0.1) is 0 Å². The predicted octanol–water partition coefficient (Wildman–Crippen LogP) is 12.5. The molecule has 3 heterocycles. The third kappa shape index (κ3) is 4.19. The van der Waals surface area contributed by atoms with Crippen LogP contribution in [0.3, 0.4) is 0 Å². The van der Waals surface area contributed by atoms with E-state index in [9.17, 15) is 0 Å². The molecule has 1 aliphatic carbocycles. The van der Waals surface area contributed by atoms with Crippen LogP contribution in [0.25, 0.3) is 38.6 Å². The first kappa shape index (κ1) is 30.3. The molecule has 3 aliphatic rings. The van der Waals surface area contributed by atoms with Gasteiger partial charge in [-0.2, -0.15) is 0 Å². The van der Waals surface area contributed by atoms with Crippen LogP contribution >= 0.6 is 0 Å². The molecular weight excluding hydrogens is 671 g/mol. The first-order valence-corrected chi connectivity index (χ1v) is 18.9. The number of nitrogens with zero attached hydrogens (tertiary/aromatic N) is 2. The number of rotatable bonds is 3. The number of hydrogen-bond donors (Lipinski definition) is 1. The molecule has 0 saturated carbocycles. The Balaban J connectivity index is 1.08. The van der Waals surface area contributed by atoms with Crippen molar-refractivity contribution in [3.05, 3.63) is 221 Å². The lowest BCUT2D eigenvalue weighted by atomic mass is 9.66. The van der Waals surface area contributed by atoms with E-state index in [1.54, 1.807) is 0 Å². The van der Waals surface area contributed by atoms with Gasteiger partial charge in [-0.25, -0.2) is 4.99 Å². The fourth-order valence-electron chi connectivity index (χ4n) is 9.60. The highest BCUT2D eigenvalue weighted by atomic mass is 16.5. The number of aliphatic imine (C=N–C) groups is 1. The van der Waals surface area contributed by atoms with Gasteiger partial charge < -0.3 is 14.6 Å². The SMILES string of the molecule is c1ccc(C2=Nc3ccccc3NC2c2ccc(-n3c4ccccc4c4cc5c(cc43)C3(c4ccccc4Oc4ccccc43)c3ccccc3-5)cc2)cc1. The lowest BCUT2D eigenvalue weighted by molar-refractivity contribution is 0.436. The molecule has 1 unspecified atom stereocenters. The summed E-state index contributed by atoms with van der Waals surface area (Å²) in [7, 11) is 0. The Morgan fingerprint density at radius 3 is 1.96 bits per heavy atom. The normalized spacial score (nSPS) is 15.6. The Morgan fingerprint density at radius 1 is 0.509 bits per heavy atom. The summed E-state index contributed by atoms with van der Waals surface area (Å²) < 4.78 is 9.06. The highest BCUT2D eigenvalue weighted by Gasteiger charge is 2.51. The molecule has 1 N–H and O–H groups in total. The Morgan fingerprint density at radius 2 is 1.16 bits per heavy atom. The number of aromatic nitrogens is 1. The number of para-hydroxylation sites is 5. The molecule has 4 heteroatoms. The average molecular weight is 704 g/mol. The maximum atomic E-state index is 6.62. The Hall–Kier alpha value is -7.17. The number of hydrogen-bond acceptors (Lipinski definition) is 3. The molecule has 0 radical (unpaired) electrons. The number of fused-ring (bicyclic) bond motifs is 13. The maximum Gasteiger partial charge on any atom is 0.132 e. The lowest BCUT2D eigenvalue weighted by Gasteiger charge is -2.39. The summed E-state index contributed by atoms with van der Waals surface area (Å²) in [5, 5.41) is 6.29. The van der Waals surface area contributed by atoms with E-state index >= 15 is 0 Å². The number of nitrogens with one attached hydrogen (secondary N) is 1. The lowest BCUT2D eigenvalue weighted by Crippen LogP contribution is -2.32. The minimum Gasteiger partial charge on any atom is -0.457 e. The molecule has 0 bridgehead atoms. The van der Waals surface area contributed by atoms with Crippen molar-refractivity contribution in [3.63, 3.8) is 0 Å². The van der Waals surface area contributed by atoms with Crippen molar-refractivity contribution in [2.45, 2.75) is 11.5 Å². The molecule has 9 aromatic rings. The van der Waals surface area contributed by atoms with Gasteiger partial charge in [0.25, 0.3) is 0 Å². The van der Waals surface area contributed by atoms with Crippen LogP contribution in [0.1, 0.15) is 39.4 Å². The predicted molar refractivity (Wildman–Crippen MR) is 224 cm³/mol. The molecule has 8 aromatic carbocycles. The number of ether oxygens (including phenoxy) is 1. The number of benzene rings is 8. The van der Waals surface area contributed by atoms with E-state index in [4.69, 9.17) is 9.73 Å². The highest BCUT2D eigenvalue weighted by Crippen LogP contribution is 2.62. The van der Waals surface area contributed by atoms with Gasteiger partial charge in [-0.15, -0.1) is 0 Å². The molecule has 0 saturated heterocycles. The third-order valence-corrected chi connectivity index (χ3v) is 11.9. The smallest absolute Gasteiger partial charge is 0.132 e. The van der Waals surface area contributed by atoms with Crippen LogP contribution in [0.2, 0.25) is 0 Å². The van der Waals surface area contributed by atoms with E-state index in [0.717, 1.165) is 45.4 Å². The van der Waals surface area contributed by atoms with E-state index in [-0.39, 0.29) is 6.04 Å². The fourth-order valence-corrected chi connectivity index (χ4v) is 9.60. The van der Waals surface area contributed by atoms with Crippen LogP contribution in [0.5, 0.6) is 11.5 Å². The van der Waals surface area contributed by atoms with Gasteiger partial charge in [0.05, 0.1) is 39.6 Å². The molecule has 55 heavy (non-hydrogen) atoms. The van der Waals surface area contributed by atoms with Gasteiger partial charge in [-0.3, -0.25) is 0 Å². The molecular formula is C51H33N3O. The topological polar surface area (TPSA) is 38.5 Å². The zero-order chi connectivity index (χ0) is 36.1. The summed E-state index contributed by atoms with van der Waals surface area (Å²) in [5.41, 5.74) is 15.7. The van der Waals surface area contributed by atoms with Crippen molar-refractivity contribution >= 4 is 38.9 Å². The van der Waals surface area contributed by atoms with E-state index in [2.05, 4.69) is 192 Å². The quantitative estimate of drug-likeness (QED) is 0.199. The van der Waals surface area contributed by atoms with Gasteiger partial charge in [0.15, 0.2) is 0 Å². The molecule has 2 aliphatic heterocycles. The van der Waals surface area contributed by atoms with Gasteiger partial charge in [-0.1, -0.05) is 133 Å². The molecule has 12 rings (SSSR count). The van der Waals surface area contributed by atoms with E-state index in [0.29, 0.717) is 0 Å². The van der Waals surface area contributed by atoms with Crippen LogP contribution in [-0.2, 0) is 5.41 Å². The molecule has 1 spiro atoms. The molecule has 258 valence electrons. The van der Waals surface area contributed by atoms with Crippen molar-refractivity contribution < 1.29 is 4.74 Å². The van der Waals surface area contributed by atoms with E-state index < -0.39 is 5.41 Å². The first-order valence-electron chi connectivity index (χ1n) is 18.9. The van der Waals surface area contributed by atoms with E-state index in [1.165, 1.54) is 55.2 Å². The third-order valence-electron chi connectivity index (χ3n) is 11.9. The van der Waals surface area contributed by atoms with Gasteiger partial charge in [0.2, 0.25) is 0 Å². The van der Waals surface area contributed by atoms with Crippen LogP contribution in [0.4, 0.5) is 11.4 Å². The van der Waals surface area contributed by atoms with Crippen molar-refractivity contribution in [2.24, 2.45) is 4.99 Å². The molecule has 0 amide bonds. The van der Waals surface area contributed by atoms with Crippen molar-refractivity contribution in [1.29, 1.82) is 0 Å². The standard InChI is InChI=1S/C51H33N3O/c1-2-14-32(15-3-1)49-50(53-44-22-10-9-21-43(44)52-49)33-26-28-34(29-27-33)54-45-23-11-5-17-36(45)38-30-37-35-16-4-6-18-39(35)51(42(37)31-46(38)54)40-19-7-12-24-47(40)55-48-25-13-8-20-41(48)51/h1-31,50,53H. The van der Waals surface area contributed by atoms with Gasteiger partial charge in [0, 0.05) is 27.6 Å². The second kappa shape index (κ2) is 11.4. The van der Waals surface area contributed by atoms with Crippen LogP contribution in [-0.4, -0.2) is 10.3 Å². The van der Waals surface area contributed by atoms with Gasteiger partial charge in [0.1, 0.15) is 11.5 Å². The second-order valence-corrected chi connectivity index (χ2v) is 14.7. The summed E-state index contributed by atoms with van der Waals surface area (Å²) in [6.07, 6.45) is 0. The summed E-state index contributed by atoms with van der Waals surface area (Å²) in [6, 6.07) is 67.6. The zero-order valence-electron chi connectivity index (χ0n) is 29.8. The molecule has 1 aromatic heterocycles. The minimum atomic E-state index is -0.535. The summed E-state index contributed by atoms with van der Waals surface area (Å²) in [6.45, 7) is 0. The van der Waals surface area contributed by atoms with Crippen LogP contribution < -0.4 is 10.1 Å².